The number of hydrogen-bond donors (Lipinski definition) is 1. The third-order valence-corrected chi connectivity index (χ3v) is 2.71. The van der Waals surface area contributed by atoms with E-state index in [1.54, 1.807) is 0 Å². The first-order valence-corrected chi connectivity index (χ1v) is 4.99. The number of likely N-dealkylation sites (tertiary alicyclic amines) is 1. The van der Waals surface area contributed by atoms with Crippen molar-refractivity contribution in [2.75, 3.05) is 19.6 Å². The molecule has 1 heterocycles. The van der Waals surface area contributed by atoms with Gasteiger partial charge in [0.15, 0.2) is 0 Å². The summed E-state index contributed by atoms with van der Waals surface area (Å²) in [7, 11) is 0. The standard InChI is InChI=1S/C8H14F3NS/c9-8(10,11)7(13)6-12-4-2-1-3-5-12/h7,13H,1-6H2. The third-order valence-electron chi connectivity index (χ3n) is 2.26. The Morgan fingerprint density at radius 1 is 1.15 bits per heavy atom. The lowest BCUT2D eigenvalue weighted by atomic mass is 10.1. The van der Waals surface area contributed by atoms with Crippen molar-refractivity contribution in [2.45, 2.75) is 30.7 Å². The molecule has 1 aliphatic heterocycles. The normalized spacial score (nSPS) is 23.1. The molecule has 1 aliphatic rings. The smallest absolute Gasteiger partial charge is 0.302 e. The Labute approximate surface area is 81.7 Å². The number of alkyl halides is 3. The van der Waals surface area contributed by atoms with Crippen molar-refractivity contribution in [3.63, 3.8) is 0 Å². The SMILES string of the molecule is FC(F)(F)C(S)CN1CCCCC1. The number of halogens is 3. The van der Waals surface area contributed by atoms with E-state index < -0.39 is 11.4 Å². The van der Waals surface area contributed by atoms with Gasteiger partial charge in [-0.15, -0.1) is 0 Å². The number of piperidine rings is 1. The van der Waals surface area contributed by atoms with Crippen molar-refractivity contribution in [3.8, 4) is 0 Å². The van der Waals surface area contributed by atoms with Gasteiger partial charge in [0.25, 0.3) is 0 Å². The molecule has 1 atom stereocenters. The van der Waals surface area contributed by atoms with E-state index in [2.05, 4.69) is 12.6 Å². The molecule has 13 heavy (non-hydrogen) atoms. The number of nitrogens with zero attached hydrogens (tertiary/aromatic N) is 1. The van der Waals surface area contributed by atoms with Gasteiger partial charge in [-0.3, -0.25) is 0 Å². The largest absolute Gasteiger partial charge is 0.401 e. The first-order valence-electron chi connectivity index (χ1n) is 4.47. The Hall–Kier alpha value is 0.1000. The van der Waals surface area contributed by atoms with E-state index in [1.165, 1.54) is 0 Å². The van der Waals surface area contributed by atoms with Gasteiger partial charge in [0.2, 0.25) is 0 Å². The molecule has 1 unspecified atom stereocenters. The van der Waals surface area contributed by atoms with Gasteiger partial charge in [-0.05, 0) is 25.9 Å². The van der Waals surface area contributed by atoms with Gasteiger partial charge in [-0.1, -0.05) is 6.42 Å². The molecule has 0 aromatic rings. The van der Waals surface area contributed by atoms with Crippen molar-refractivity contribution in [1.82, 2.24) is 4.90 Å². The van der Waals surface area contributed by atoms with Crippen LogP contribution in [-0.2, 0) is 0 Å². The average molecular weight is 213 g/mol. The molecule has 1 fully saturated rings. The summed E-state index contributed by atoms with van der Waals surface area (Å²) in [6.07, 6.45) is -1.00. The van der Waals surface area contributed by atoms with E-state index in [-0.39, 0.29) is 6.54 Å². The summed E-state index contributed by atoms with van der Waals surface area (Å²) in [5.41, 5.74) is 0. The summed E-state index contributed by atoms with van der Waals surface area (Å²) >= 11 is 3.55. The topological polar surface area (TPSA) is 3.24 Å². The highest BCUT2D eigenvalue weighted by Gasteiger charge is 2.37. The average Bonchev–Trinajstić information content (AvgIpc) is 2.04. The maximum atomic E-state index is 12.1. The number of rotatable bonds is 2. The first kappa shape index (κ1) is 11.2. The maximum absolute atomic E-state index is 12.1. The zero-order valence-electron chi connectivity index (χ0n) is 7.35. The second kappa shape index (κ2) is 4.55. The van der Waals surface area contributed by atoms with E-state index in [4.69, 9.17) is 0 Å². The van der Waals surface area contributed by atoms with Gasteiger partial charge in [0.05, 0.1) is 0 Å². The molecule has 0 N–H and O–H groups in total. The molecule has 1 rings (SSSR count). The zero-order chi connectivity index (χ0) is 9.90. The van der Waals surface area contributed by atoms with Crippen LogP contribution in [0.15, 0.2) is 0 Å². The lowest BCUT2D eigenvalue weighted by molar-refractivity contribution is -0.132. The molecule has 0 aliphatic carbocycles. The van der Waals surface area contributed by atoms with Gasteiger partial charge >= 0.3 is 6.18 Å². The van der Waals surface area contributed by atoms with E-state index >= 15 is 0 Å². The van der Waals surface area contributed by atoms with Gasteiger partial charge in [-0.25, -0.2) is 0 Å². The number of hydrogen-bond acceptors (Lipinski definition) is 2. The fraction of sp³-hybridized carbons (Fsp3) is 1.00. The van der Waals surface area contributed by atoms with E-state index in [9.17, 15) is 13.2 Å². The van der Waals surface area contributed by atoms with Crippen LogP contribution in [0.3, 0.4) is 0 Å². The summed E-state index contributed by atoms with van der Waals surface area (Å²) in [5.74, 6) is 0. The van der Waals surface area contributed by atoms with Gasteiger partial charge in [0, 0.05) is 6.54 Å². The lowest BCUT2D eigenvalue weighted by Gasteiger charge is -2.29. The minimum absolute atomic E-state index is 0.0343. The molecule has 1 nitrogen and oxygen atoms in total. The van der Waals surface area contributed by atoms with Crippen LogP contribution in [-0.4, -0.2) is 36.0 Å². The zero-order valence-corrected chi connectivity index (χ0v) is 8.24. The fourth-order valence-electron chi connectivity index (χ4n) is 1.49. The summed E-state index contributed by atoms with van der Waals surface area (Å²) in [4.78, 5) is 1.84. The van der Waals surface area contributed by atoms with Gasteiger partial charge < -0.3 is 4.90 Å². The quantitative estimate of drug-likeness (QED) is 0.689. The van der Waals surface area contributed by atoms with E-state index in [0.717, 1.165) is 32.4 Å². The van der Waals surface area contributed by atoms with Crippen LogP contribution in [0.2, 0.25) is 0 Å². The molecule has 0 bridgehead atoms. The molecule has 0 aromatic carbocycles. The third kappa shape index (κ3) is 3.77. The Balaban J connectivity index is 2.30. The summed E-state index contributed by atoms with van der Waals surface area (Å²) in [6.45, 7) is 1.60. The van der Waals surface area contributed by atoms with E-state index in [0.29, 0.717) is 0 Å². The van der Waals surface area contributed by atoms with Crippen LogP contribution in [0, 0.1) is 0 Å². The molecular weight excluding hydrogens is 199 g/mol. The maximum Gasteiger partial charge on any atom is 0.401 e. The fourth-order valence-corrected chi connectivity index (χ4v) is 1.72. The van der Waals surface area contributed by atoms with Gasteiger partial charge in [0.1, 0.15) is 5.25 Å². The Kier molecular flexibility index (Phi) is 3.91. The second-order valence-electron chi connectivity index (χ2n) is 3.42. The molecule has 5 heteroatoms. The van der Waals surface area contributed by atoms with Crippen molar-refractivity contribution in [1.29, 1.82) is 0 Å². The monoisotopic (exact) mass is 213 g/mol. The van der Waals surface area contributed by atoms with Crippen LogP contribution in [0.5, 0.6) is 0 Å². The molecule has 1 saturated heterocycles. The van der Waals surface area contributed by atoms with Gasteiger partial charge in [-0.2, -0.15) is 25.8 Å². The van der Waals surface area contributed by atoms with Crippen LogP contribution in [0.1, 0.15) is 19.3 Å². The summed E-state index contributed by atoms with van der Waals surface area (Å²) in [6, 6.07) is 0. The Bertz CT molecular complexity index is 154. The highest BCUT2D eigenvalue weighted by Crippen LogP contribution is 2.25. The molecular formula is C8H14F3NS. The minimum atomic E-state index is -4.17. The van der Waals surface area contributed by atoms with E-state index in [1.807, 2.05) is 4.90 Å². The molecule has 0 saturated carbocycles. The minimum Gasteiger partial charge on any atom is -0.302 e. The second-order valence-corrected chi connectivity index (χ2v) is 4.04. The summed E-state index contributed by atoms with van der Waals surface area (Å²) in [5, 5.41) is -1.49. The van der Waals surface area contributed by atoms with Crippen LogP contribution < -0.4 is 0 Å². The summed E-state index contributed by atoms with van der Waals surface area (Å²) < 4.78 is 36.3. The number of thiol groups is 1. The molecule has 0 radical (unpaired) electrons. The van der Waals surface area contributed by atoms with Crippen LogP contribution in [0.25, 0.3) is 0 Å². The Morgan fingerprint density at radius 3 is 2.15 bits per heavy atom. The Morgan fingerprint density at radius 2 is 1.69 bits per heavy atom. The predicted octanol–water partition coefficient (Wildman–Crippen LogP) is 2.33. The van der Waals surface area contributed by atoms with Crippen LogP contribution >= 0.6 is 12.6 Å². The predicted molar refractivity (Wildman–Crippen MR) is 49.1 cm³/mol. The molecule has 0 spiro atoms. The highest BCUT2D eigenvalue weighted by atomic mass is 32.1. The van der Waals surface area contributed by atoms with Crippen molar-refractivity contribution < 1.29 is 13.2 Å². The van der Waals surface area contributed by atoms with Crippen molar-refractivity contribution >= 4 is 12.6 Å². The lowest BCUT2D eigenvalue weighted by Crippen LogP contribution is -2.40. The molecule has 0 amide bonds. The van der Waals surface area contributed by atoms with Crippen molar-refractivity contribution in [2.24, 2.45) is 0 Å². The van der Waals surface area contributed by atoms with Crippen molar-refractivity contribution in [3.05, 3.63) is 0 Å². The highest BCUT2D eigenvalue weighted by molar-refractivity contribution is 7.81. The first-order chi connectivity index (χ1) is 6.00. The van der Waals surface area contributed by atoms with Crippen LogP contribution in [0.4, 0.5) is 13.2 Å². The molecule has 78 valence electrons. The molecule has 0 aromatic heterocycles.